The van der Waals surface area contributed by atoms with Crippen molar-refractivity contribution >= 4 is 11.8 Å². The van der Waals surface area contributed by atoms with Gasteiger partial charge in [0.1, 0.15) is 11.5 Å². The standard InChI is InChI=1S/C16H28N2OS/c1-5-17-11-15-13(2)10-14(19-15)12-18-7-6-16(3,4)20-9-8-18/h10,17H,5-9,11-12H2,1-4H3. The number of nitrogens with one attached hydrogen (secondary N) is 1. The van der Waals surface area contributed by atoms with Gasteiger partial charge in [-0.1, -0.05) is 20.8 Å². The highest BCUT2D eigenvalue weighted by Gasteiger charge is 2.24. The lowest BCUT2D eigenvalue weighted by atomic mass is 10.1. The fourth-order valence-electron chi connectivity index (χ4n) is 2.52. The van der Waals surface area contributed by atoms with E-state index in [9.17, 15) is 0 Å². The zero-order chi connectivity index (χ0) is 14.6. The van der Waals surface area contributed by atoms with Crippen LogP contribution in [0.1, 0.15) is 44.3 Å². The molecule has 114 valence electrons. The highest BCUT2D eigenvalue weighted by Crippen LogP contribution is 2.31. The van der Waals surface area contributed by atoms with Gasteiger partial charge in [0.05, 0.1) is 13.1 Å². The van der Waals surface area contributed by atoms with Gasteiger partial charge < -0.3 is 9.73 Å². The van der Waals surface area contributed by atoms with Crippen molar-refractivity contribution < 1.29 is 4.42 Å². The molecule has 1 saturated heterocycles. The van der Waals surface area contributed by atoms with Crippen LogP contribution in [0.4, 0.5) is 0 Å². The minimum absolute atomic E-state index is 0.421. The zero-order valence-corrected chi connectivity index (χ0v) is 14.1. The number of rotatable bonds is 5. The van der Waals surface area contributed by atoms with Gasteiger partial charge in [0.15, 0.2) is 0 Å². The molecular formula is C16H28N2OS. The summed E-state index contributed by atoms with van der Waals surface area (Å²) >= 11 is 2.09. The Morgan fingerprint density at radius 3 is 2.95 bits per heavy atom. The Balaban J connectivity index is 1.92. The maximum absolute atomic E-state index is 6.00. The molecule has 0 aliphatic carbocycles. The molecule has 4 heteroatoms. The van der Waals surface area contributed by atoms with Gasteiger partial charge in [-0.15, -0.1) is 0 Å². The molecule has 20 heavy (non-hydrogen) atoms. The lowest BCUT2D eigenvalue weighted by Crippen LogP contribution is -2.26. The summed E-state index contributed by atoms with van der Waals surface area (Å²) in [6.07, 6.45) is 1.25. The summed E-state index contributed by atoms with van der Waals surface area (Å²) in [5, 5.41) is 3.33. The molecule has 0 amide bonds. The van der Waals surface area contributed by atoms with Crippen LogP contribution in [0.15, 0.2) is 10.5 Å². The summed E-state index contributed by atoms with van der Waals surface area (Å²) < 4.78 is 6.42. The van der Waals surface area contributed by atoms with E-state index in [1.54, 1.807) is 0 Å². The van der Waals surface area contributed by atoms with Crippen LogP contribution in [0.5, 0.6) is 0 Å². The molecule has 0 radical (unpaired) electrons. The first kappa shape index (κ1) is 15.9. The van der Waals surface area contributed by atoms with E-state index in [4.69, 9.17) is 4.42 Å². The lowest BCUT2D eigenvalue weighted by molar-refractivity contribution is 0.250. The fraction of sp³-hybridized carbons (Fsp3) is 0.750. The maximum atomic E-state index is 6.00. The lowest BCUT2D eigenvalue weighted by Gasteiger charge is -2.22. The number of hydrogen-bond acceptors (Lipinski definition) is 4. The van der Waals surface area contributed by atoms with Crippen molar-refractivity contribution in [1.82, 2.24) is 10.2 Å². The third-order valence-electron chi connectivity index (χ3n) is 3.92. The average molecular weight is 296 g/mol. The van der Waals surface area contributed by atoms with Gasteiger partial charge in [0.25, 0.3) is 0 Å². The van der Waals surface area contributed by atoms with Crippen molar-refractivity contribution in [2.24, 2.45) is 0 Å². The highest BCUT2D eigenvalue weighted by molar-refractivity contribution is 8.00. The van der Waals surface area contributed by atoms with Gasteiger partial charge in [-0.05, 0) is 38.1 Å². The van der Waals surface area contributed by atoms with Crippen LogP contribution < -0.4 is 5.32 Å². The van der Waals surface area contributed by atoms with E-state index in [2.05, 4.69) is 55.7 Å². The summed E-state index contributed by atoms with van der Waals surface area (Å²) in [5.41, 5.74) is 1.27. The zero-order valence-electron chi connectivity index (χ0n) is 13.3. The molecule has 0 bridgehead atoms. The van der Waals surface area contributed by atoms with E-state index in [0.717, 1.165) is 37.7 Å². The molecule has 0 atom stereocenters. The second-order valence-electron chi connectivity index (χ2n) is 6.23. The van der Waals surface area contributed by atoms with E-state index < -0.39 is 0 Å². The summed E-state index contributed by atoms with van der Waals surface area (Å²) in [6.45, 7) is 14.1. The number of hydrogen-bond donors (Lipinski definition) is 1. The van der Waals surface area contributed by atoms with Gasteiger partial charge in [-0.2, -0.15) is 11.8 Å². The number of furan rings is 1. The molecular weight excluding hydrogens is 268 g/mol. The summed E-state index contributed by atoms with van der Waals surface area (Å²) in [5.74, 6) is 3.42. The van der Waals surface area contributed by atoms with Crippen molar-refractivity contribution in [3.8, 4) is 0 Å². The van der Waals surface area contributed by atoms with Gasteiger partial charge in [0, 0.05) is 17.0 Å². The average Bonchev–Trinajstić information content (AvgIpc) is 2.63. The molecule has 2 rings (SSSR count). The fourth-order valence-corrected chi connectivity index (χ4v) is 3.66. The molecule has 1 aliphatic rings. The molecule has 2 heterocycles. The molecule has 1 fully saturated rings. The number of nitrogens with zero attached hydrogens (tertiary/aromatic N) is 1. The van der Waals surface area contributed by atoms with Crippen LogP contribution in [0.25, 0.3) is 0 Å². The minimum atomic E-state index is 0.421. The Labute approximate surface area is 127 Å². The number of aryl methyl sites for hydroxylation is 1. The quantitative estimate of drug-likeness (QED) is 0.901. The Kier molecular flexibility index (Phi) is 5.58. The maximum Gasteiger partial charge on any atom is 0.120 e. The molecule has 1 aliphatic heterocycles. The minimum Gasteiger partial charge on any atom is -0.463 e. The van der Waals surface area contributed by atoms with Crippen LogP contribution in [0.3, 0.4) is 0 Å². The van der Waals surface area contributed by atoms with Crippen molar-refractivity contribution in [3.05, 3.63) is 23.2 Å². The first-order chi connectivity index (χ1) is 9.50. The Bertz CT molecular complexity index is 428. The Hall–Kier alpha value is -0.450. The SMILES string of the molecule is CCNCc1oc(CN2CCSC(C)(C)CC2)cc1C. The first-order valence-electron chi connectivity index (χ1n) is 7.65. The van der Waals surface area contributed by atoms with Crippen molar-refractivity contribution in [3.63, 3.8) is 0 Å². The van der Waals surface area contributed by atoms with E-state index in [-0.39, 0.29) is 0 Å². The third kappa shape index (κ3) is 4.54. The van der Waals surface area contributed by atoms with Crippen molar-refractivity contribution in [1.29, 1.82) is 0 Å². The molecule has 0 unspecified atom stereocenters. The summed E-state index contributed by atoms with van der Waals surface area (Å²) in [7, 11) is 0. The molecule has 1 aromatic heterocycles. The molecule has 1 aromatic rings. The van der Waals surface area contributed by atoms with E-state index >= 15 is 0 Å². The predicted molar refractivity (Wildman–Crippen MR) is 87.3 cm³/mol. The largest absolute Gasteiger partial charge is 0.463 e. The first-order valence-corrected chi connectivity index (χ1v) is 8.64. The second-order valence-corrected chi connectivity index (χ2v) is 8.04. The van der Waals surface area contributed by atoms with Crippen molar-refractivity contribution in [2.45, 2.75) is 52.0 Å². The molecule has 0 spiro atoms. The van der Waals surface area contributed by atoms with Gasteiger partial charge >= 0.3 is 0 Å². The van der Waals surface area contributed by atoms with Gasteiger partial charge in [-0.25, -0.2) is 0 Å². The molecule has 3 nitrogen and oxygen atoms in total. The second kappa shape index (κ2) is 7.01. The van der Waals surface area contributed by atoms with Crippen LogP contribution in [-0.2, 0) is 13.1 Å². The van der Waals surface area contributed by atoms with Crippen LogP contribution in [0, 0.1) is 6.92 Å². The third-order valence-corrected chi connectivity index (χ3v) is 5.29. The van der Waals surface area contributed by atoms with Gasteiger partial charge in [-0.3, -0.25) is 4.90 Å². The molecule has 1 N–H and O–H groups in total. The van der Waals surface area contributed by atoms with Crippen molar-refractivity contribution in [2.75, 3.05) is 25.4 Å². The predicted octanol–water partition coefficient (Wildman–Crippen LogP) is 3.42. The topological polar surface area (TPSA) is 28.4 Å². The smallest absolute Gasteiger partial charge is 0.120 e. The van der Waals surface area contributed by atoms with Gasteiger partial charge in [0.2, 0.25) is 0 Å². The summed E-state index contributed by atoms with van der Waals surface area (Å²) in [4.78, 5) is 2.52. The highest BCUT2D eigenvalue weighted by atomic mass is 32.2. The van der Waals surface area contributed by atoms with E-state index in [1.807, 2.05) is 0 Å². The Morgan fingerprint density at radius 1 is 1.40 bits per heavy atom. The normalized spacial score (nSPS) is 20.0. The van der Waals surface area contributed by atoms with E-state index in [1.165, 1.54) is 24.3 Å². The van der Waals surface area contributed by atoms with Crippen LogP contribution >= 0.6 is 11.8 Å². The van der Waals surface area contributed by atoms with E-state index in [0.29, 0.717) is 4.75 Å². The monoisotopic (exact) mass is 296 g/mol. The van der Waals surface area contributed by atoms with Crippen LogP contribution in [-0.4, -0.2) is 35.0 Å². The summed E-state index contributed by atoms with van der Waals surface area (Å²) in [6, 6.07) is 2.20. The Morgan fingerprint density at radius 2 is 2.20 bits per heavy atom. The molecule has 0 aromatic carbocycles. The van der Waals surface area contributed by atoms with Crippen LogP contribution in [0.2, 0.25) is 0 Å². The molecule has 0 saturated carbocycles. The number of thioether (sulfide) groups is 1.